The number of carbonyl (C=O) groups is 1. The van der Waals surface area contributed by atoms with E-state index < -0.39 is 0 Å². The molecule has 1 atom stereocenters. The van der Waals surface area contributed by atoms with Crippen LogP contribution in [0.1, 0.15) is 31.1 Å². The summed E-state index contributed by atoms with van der Waals surface area (Å²) in [6, 6.07) is 9.15. The molecular weight excluding hydrogens is 226 g/mol. The molecule has 1 aromatic carbocycles. The molecule has 0 aromatic heterocycles. The van der Waals surface area contributed by atoms with Gasteiger partial charge in [-0.3, -0.25) is 0 Å². The summed E-state index contributed by atoms with van der Waals surface area (Å²) in [6.45, 7) is 9.23. The van der Waals surface area contributed by atoms with Crippen molar-refractivity contribution < 1.29 is 14.0 Å². The zero-order valence-electron chi connectivity index (χ0n) is 11.8. The number of hydrogen-bond acceptors (Lipinski definition) is 2. The highest BCUT2D eigenvalue weighted by molar-refractivity contribution is 5.89. The molecule has 0 aliphatic carbocycles. The van der Waals surface area contributed by atoms with Gasteiger partial charge in [0.15, 0.2) is 0 Å². The molecular formula is C15H24NO2+. The van der Waals surface area contributed by atoms with Crippen molar-refractivity contribution in [3.8, 4) is 0 Å². The molecule has 0 spiro atoms. The first-order valence-corrected chi connectivity index (χ1v) is 6.60. The van der Waals surface area contributed by atoms with Gasteiger partial charge in [0.05, 0.1) is 25.7 Å². The molecule has 18 heavy (non-hydrogen) atoms. The van der Waals surface area contributed by atoms with E-state index >= 15 is 0 Å². The van der Waals surface area contributed by atoms with E-state index in [1.54, 1.807) is 12.1 Å². The first-order chi connectivity index (χ1) is 8.50. The zero-order chi connectivity index (χ0) is 13.6. The monoisotopic (exact) mass is 250 g/mol. The third kappa shape index (κ3) is 4.15. The van der Waals surface area contributed by atoms with Crippen LogP contribution in [0.3, 0.4) is 0 Å². The highest BCUT2D eigenvalue weighted by Gasteiger charge is 2.23. The van der Waals surface area contributed by atoms with Crippen molar-refractivity contribution in [1.29, 1.82) is 0 Å². The van der Waals surface area contributed by atoms with E-state index in [9.17, 15) is 4.79 Å². The lowest BCUT2D eigenvalue weighted by Gasteiger charge is -2.34. The molecule has 0 saturated heterocycles. The Hall–Kier alpha value is -1.35. The van der Waals surface area contributed by atoms with Gasteiger partial charge in [-0.25, -0.2) is 4.79 Å². The Morgan fingerprint density at radius 2 is 1.78 bits per heavy atom. The van der Waals surface area contributed by atoms with Crippen LogP contribution >= 0.6 is 0 Å². The maximum Gasteiger partial charge on any atom is 0.338 e. The second-order valence-corrected chi connectivity index (χ2v) is 5.02. The summed E-state index contributed by atoms with van der Waals surface area (Å²) >= 11 is 0. The molecule has 0 saturated carbocycles. The van der Waals surface area contributed by atoms with Crippen LogP contribution in [0.15, 0.2) is 30.3 Å². The molecule has 0 heterocycles. The third-order valence-corrected chi connectivity index (χ3v) is 3.54. The number of esters is 1. The number of benzene rings is 1. The first kappa shape index (κ1) is 14.7. The molecule has 0 N–H and O–H groups in total. The van der Waals surface area contributed by atoms with Gasteiger partial charge in [-0.05, 0) is 32.9 Å². The molecule has 1 aromatic rings. The molecule has 3 heteroatoms. The van der Waals surface area contributed by atoms with Crippen LogP contribution in [0.5, 0.6) is 0 Å². The predicted molar refractivity (Wildman–Crippen MR) is 73.5 cm³/mol. The fraction of sp³-hybridized carbons (Fsp3) is 0.533. The molecule has 1 rings (SSSR count). The maximum absolute atomic E-state index is 11.9. The molecule has 0 aliphatic rings. The van der Waals surface area contributed by atoms with Gasteiger partial charge >= 0.3 is 5.97 Å². The Kier molecular flexibility index (Phi) is 5.35. The van der Waals surface area contributed by atoms with Crippen LogP contribution in [0.4, 0.5) is 0 Å². The van der Waals surface area contributed by atoms with Crippen LogP contribution in [0, 0.1) is 0 Å². The minimum Gasteiger partial charge on any atom is -0.453 e. The first-order valence-electron chi connectivity index (χ1n) is 6.60. The van der Waals surface area contributed by atoms with Gasteiger partial charge in [-0.1, -0.05) is 18.2 Å². The zero-order valence-corrected chi connectivity index (χ0v) is 11.8. The normalized spacial score (nSPS) is 13.1. The quantitative estimate of drug-likeness (QED) is 0.573. The summed E-state index contributed by atoms with van der Waals surface area (Å²) in [5.74, 6) is -0.234. The Morgan fingerprint density at radius 1 is 1.22 bits per heavy atom. The molecule has 0 amide bonds. The Balaban J connectivity index is 2.55. The average molecular weight is 250 g/mol. The van der Waals surface area contributed by atoms with Crippen LogP contribution in [-0.4, -0.2) is 43.2 Å². The minimum absolute atomic E-state index is 0.0670. The van der Waals surface area contributed by atoms with Crippen molar-refractivity contribution in [3.05, 3.63) is 35.9 Å². The van der Waals surface area contributed by atoms with Crippen LogP contribution in [0.25, 0.3) is 0 Å². The van der Waals surface area contributed by atoms with Crippen molar-refractivity contribution in [2.75, 3.05) is 26.7 Å². The lowest BCUT2D eigenvalue weighted by atomic mass is 10.2. The second-order valence-electron chi connectivity index (χ2n) is 5.02. The van der Waals surface area contributed by atoms with Crippen molar-refractivity contribution >= 4 is 5.97 Å². The van der Waals surface area contributed by atoms with Gasteiger partial charge in [0, 0.05) is 0 Å². The van der Waals surface area contributed by atoms with Crippen molar-refractivity contribution in [3.63, 3.8) is 0 Å². The van der Waals surface area contributed by atoms with E-state index in [1.807, 2.05) is 25.1 Å². The Labute approximate surface area is 110 Å². The summed E-state index contributed by atoms with van der Waals surface area (Å²) in [5, 5.41) is 0. The minimum atomic E-state index is -0.234. The van der Waals surface area contributed by atoms with Crippen LogP contribution < -0.4 is 0 Å². The van der Waals surface area contributed by atoms with E-state index in [0.717, 1.165) is 24.1 Å². The van der Waals surface area contributed by atoms with E-state index in [2.05, 4.69) is 20.9 Å². The van der Waals surface area contributed by atoms with Crippen molar-refractivity contribution in [2.24, 2.45) is 0 Å². The largest absolute Gasteiger partial charge is 0.453 e. The second kappa shape index (κ2) is 6.55. The number of likely N-dealkylation sites (N-methyl/N-ethyl adjacent to an activating group) is 1. The van der Waals surface area contributed by atoms with Gasteiger partial charge < -0.3 is 9.22 Å². The summed E-state index contributed by atoms with van der Waals surface area (Å²) in [5.41, 5.74) is 0.617. The lowest BCUT2D eigenvalue weighted by molar-refractivity contribution is -0.908. The van der Waals surface area contributed by atoms with Gasteiger partial charge in [-0.15, -0.1) is 0 Å². The molecule has 0 bridgehead atoms. The number of nitrogens with zero attached hydrogens (tertiary/aromatic N) is 1. The standard InChI is InChI=1S/C15H24NO2/c1-5-16(4,6-2)12-13(3)18-15(17)14-10-8-7-9-11-14/h7-11,13H,5-6,12H2,1-4H3/q+1. The highest BCUT2D eigenvalue weighted by atomic mass is 16.5. The van der Waals surface area contributed by atoms with Gasteiger partial charge in [0.25, 0.3) is 0 Å². The lowest BCUT2D eigenvalue weighted by Crippen LogP contribution is -2.48. The smallest absolute Gasteiger partial charge is 0.338 e. The molecule has 0 aliphatic heterocycles. The molecule has 0 radical (unpaired) electrons. The van der Waals surface area contributed by atoms with Crippen molar-refractivity contribution in [1.82, 2.24) is 0 Å². The predicted octanol–water partition coefficient (Wildman–Crippen LogP) is 2.72. The van der Waals surface area contributed by atoms with Gasteiger partial charge in [0.1, 0.15) is 12.6 Å². The van der Waals surface area contributed by atoms with E-state index in [0.29, 0.717) is 5.56 Å². The van der Waals surface area contributed by atoms with Crippen molar-refractivity contribution in [2.45, 2.75) is 26.9 Å². The number of carbonyl (C=O) groups excluding carboxylic acids is 1. The fourth-order valence-electron chi connectivity index (χ4n) is 1.96. The number of rotatable bonds is 6. The molecule has 0 fully saturated rings. The molecule has 3 nitrogen and oxygen atoms in total. The highest BCUT2D eigenvalue weighted by Crippen LogP contribution is 2.09. The average Bonchev–Trinajstić information content (AvgIpc) is 2.39. The summed E-state index contributed by atoms with van der Waals surface area (Å²) < 4.78 is 6.40. The third-order valence-electron chi connectivity index (χ3n) is 3.54. The van der Waals surface area contributed by atoms with Crippen LogP contribution in [-0.2, 0) is 4.74 Å². The van der Waals surface area contributed by atoms with Crippen LogP contribution in [0.2, 0.25) is 0 Å². The summed E-state index contributed by atoms with van der Waals surface area (Å²) in [4.78, 5) is 11.9. The SMILES string of the molecule is CC[N+](C)(CC)CC(C)OC(=O)c1ccccc1. The van der Waals surface area contributed by atoms with E-state index in [4.69, 9.17) is 4.74 Å². The van der Waals surface area contributed by atoms with Gasteiger partial charge in [0.2, 0.25) is 0 Å². The topological polar surface area (TPSA) is 26.3 Å². The number of ether oxygens (including phenoxy) is 1. The number of quaternary nitrogens is 1. The fourth-order valence-corrected chi connectivity index (χ4v) is 1.96. The summed E-state index contributed by atoms with van der Waals surface area (Å²) in [7, 11) is 2.19. The van der Waals surface area contributed by atoms with Gasteiger partial charge in [-0.2, -0.15) is 0 Å². The maximum atomic E-state index is 11.9. The molecule has 1 unspecified atom stereocenters. The van der Waals surface area contributed by atoms with E-state index in [1.165, 1.54) is 0 Å². The number of hydrogen-bond donors (Lipinski definition) is 0. The van der Waals surface area contributed by atoms with E-state index in [-0.39, 0.29) is 12.1 Å². The molecule has 100 valence electrons. The summed E-state index contributed by atoms with van der Waals surface area (Å²) in [6.07, 6.45) is -0.0670. The Bertz CT molecular complexity index is 371. The Morgan fingerprint density at radius 3 is 2.28 bits per heavy atom.